The molecule has 1 aliphatic rings. The molecule has 1 aliphatic heterocycles. The first-order chi connectivity index (χ1) is 8.66. The summed E-state index contributed by atoms with van der Waals surface area (Å²) in [6.07, 6.45) is 1.56. The third-order valence-electron chi connectivity index (χ3n) is 3.51. The fraction of sp³-hybridized carbons (Fsp3) is 0.188. The Hall–Kier alpha value is -2.09. The van der Waals surface area contributed by atoms with Crippen molar-refractivity contribution in [3.63, 3.8) is 0 Å². The quantitative estimate of drug-likeness (QED) is 0.651. The molecular weight excluding hydrogens is 224 g/mol. The Morgan fingerprint density at radius 3 is 2.50 bits per heavy atom. The Bertz CT molecular complexity index is 668. The lowest BCUT2D eigenvalue weighted by molar-refractivity contribution is -0.139. The molecule has 0 aliphatic carbocycles. The molecule has 0 bridgehead atoms. The standard InChI is InChI=1S/C16H14O2/c1-10-9-18-16(17)11(2)15-8-13-6-4-3-5-12(13)7-14(10)15/h3-9,11H,1-2H3. The van der Waals surface area contributed by atoms with Crippen LogP contribution in [0, 0.1) is 0 Å². The molecule has 0 amide bonds. The third kappa shape index (κ3) is 1.61. The van der Waals surface area contributed by atoms with E-state index in [1.54, 1.807) is 6.26 Å². The van der Waals surface area contributed by atoms with Crippen LogP contribution >= 0.6 is 0 Å². The van der Waals surface area contributed by atoms with Crippen molar-refractivity contribution >= 4 is 22.3 Å². The van der Waals surface area contributed by atoms with Gasteiger partial charge in [-0.3, -0.25) is 4.79 Å². The predicted octanol–water partition coefficient (Wildman–Crippen LogP) is 3.86. The highest BCUT2D eigenvalue weighted by molar-refractivity contribution is 5.92. The summed E-state index contributed by atoms with van der Waals surface area (Å²) in [5.41, 5.74) is 3.14. The average Bonchev–Trinajstić information content (AvgIpc) is 2.50. The van der Waals surface area contributed by atoms with E-state index < -0.39 is 0 Å². The van der Waals surface area contributed by atoms with Gasteiger partial charge in [0.2, 0.25) is 0 Å². The van der Waals surface area contributed by atoms with Gasteiger partial charge in [-0.05, 0) is 53.5 Å². The maximum Gasteiger partial charge on any atom is 0.317 e. The summed E-state index contributed by atoms with van der Waals surface area (Å²) in [5.74, 6) is -0.415. The van der Waals surface area contributed by atoms with Gasteiger partial charge in [-0.2, -0.15) is 0 Å². The molecule has 2 heteroatoms. The van der Waals surface area contributed by atoms with Crippen molar-refractivity contribution in [2.24, 2.45) is 0 Å². The monoisotopic (exact) mass is 238 g/mol. The highest BCUT2D eigenvalue weighted by atomic mass is 16.5. The largest absolute Gasteiger partial charge is 0.434 e. The van der Waals surface area contributed by atoms with Crippen LogP contribution in [-0.2, 0) is 9.53 Å². The van der Waals surface area contributed by atoms with Crippen LogP contribution < -0.4 is 0 Å². The van der Waals surface area contributed by atoms with E-state index in [9.17, 15) is 4.79 Å². The molecule has 0 saturated heterocycles. The first-order valence-electron chi connectivity index (χ1n) is 6.07. The first-order valence-corrected chi connectivity index (χ1v) is 6.07. The molecule has 2 nitrogen and oxygen atoms in total. The van der Waals surface area contributed by atoms with E-state index in [1.807, 2.05) is 26.0 Å². The average molecular weight is 238 g/mol. The summed E-state index contributed by atoms with van der Waals surface area (Å²) < 4.78 is 5.14. The molecule has 1 unspecified atom stereocenters. The zero-order valence-electron chi connectivity index (χ0n) is 10.4. The Balaban J connectivity index is 2.34. The summed E-state index contributed by atoms with van der Waals surface area (Å²) in [4.78, 5) is 11.8. The lowest BCUT2D eigenvalue weighted by Crippen LogP contribution is -2.09. The van der Waals surface area contributed by atoms with Crippen LogP contribution in [0.4, 0.5) is 0 Å². The number of ether oxygens (including phenoxy) is 1. The molecule has 90 valence electrons. The number of benzene rings is 2. The molecule has 0 spiro atoms. The zero-order valence-corrected chi connectivity index (χ0v) is 10.4. The first kappa shape index (κ1) is 11.0. The summed E-state index contributed by atoms with van der Waals surface area (Å²) in [5, 5.41) is 2.34. The Morgan fingerprint density at radius 1 is 1.11 bits per heavy atom. The topological polar surface area (TPSA) is 26.3 Å². The molecule has 2 aromatic carbocycles. The smallest absolute Gasteiger partial charge is 0.317 e. The maximum absolute atomic E-state index is 11.8. The van der Waals surface area contributed by atoms with Crippen molar-refractivity contribution in [3.05, 3.63) is 53.8 Å². The van der Waals surface area contributed by atoms with Gasteiger partial charge in [-0.1, -0.05) is 24.3 Å². The van der Waals surface area contributed by atoms with E-state index in [1.165, 1.54) is 5.39 Å². The molecular formula is C16H14O2. The number of rotatable bonds is 0. The van der Waals surface area contributed by atoms with Gasteiger partial charge in [-0.25, -0.2) is 0 Å². The van der Waals surface area contributed by atoms with E-state index in [4.69, 9.17) is 4.74 Å². The fourth-order valence-corrected chi connectivity index (χ4v) is 2.40. The Kier molecular flexibility index (Phi) is 2.44. The second kappa shape index (κ2) is 3.98. The second-order valence-electron chi connectivity index (χ2n) is 4.75. The minimum atomic E-state index is -0.224. The van der Waals surface area contributed by atoms with Gasteiger partial charge in [0.25, 0.3) is 0 Å². The normalized spacial score (nSPS) is 18.9. The number of hydrogen-bond donors (Lipinski definition) is 0. The summed E-state index contributed by atoms with van der Waals surface area (Å²) in [6, 6.07) is 12.4. The summed E-state index contributed by atoms with van der Waals surface area (Å²) in [6.45, 7) is 3.86. The van der Waals surface area contributed by atoms with Crippen LogP contribution in [0.1, 0.15) is 30.9 Å². The van der Waals surface area contributed by atoms with Gasteiger partial charge in [0.15, 0.2) is 0 Å². The number of cyclic esters (lactones) is 1. The molecule has 1 heterocycles. The molecule has 1 atom stereocenters. The number of fused-ring (bicyclic) bond motifs is 2. The van der Waals surface area contributed by atoms with E-state index in [0.717, 1.165) is 22.1 Å². The van der Waals surface area contributed by atoms with Crippen LogP contribution in [0.25, 0.3) is 16.3 Å². The van der Waals surface area contributed by atoms with Crippen molar-refractivity contribution in [1.29, 1.82) is 0 Å². The lowest BCUT2D eigenvalue weighted by Gasteiger charge is -2.12. The number of hydrogen-bond acceptors (Lipinski definition) is 2. The molecule has 0 fully saturated rings. The molecule has 2 aromatic rings. The lowest BCUT2D eigenvalue weighted by atomic mass is 9.90. The highest BCUT2D eigenvalue weighted by Gasteiger charge is 2.23. The SMILES string of the molecule is CC1=COC(=O)C(C)c2cc3ccccc3cc21. The van der Waals surface area contributed by atoms with Gasteiger partial charge in [-0.15, -0.1) is 0 Å². The van der Waals surface area contributed by atoms with Gasteiger partial charge in [0.05, 0.1) is 12.2 Å². The molecule has 0 N–H and O–H groups in total. The number of esters is 1. The Morgan fingerprint density at radius 2 is 1.78 bits per heavy atom. The van der Waals surface area contributed by atoms with Gasteiger partial charge >= 0.3 is 5.97 Å². The Labute approximate surface area is 106 Å². The van der Waals surface area contributed by atoms with Crippen molar-refractivity contribution in [2.45, 2.75) is 19.8 Å². The summed E-state index contributed by atoms with van der Waals surface area (Å²) in [7, 11) is 0. The zero-order chi connectivity index (χ0) is 12.7. The van der Waals surface area contributed by atoms with Crippen molar-refractivity contribution in [3.8, 4) is 0 Å². The third-order valence-corrected chi connectivity index (χ3v) is 3.51. The van der Waals surface area contributed by atoms with E-state index in [-0.39, 0.29) is 11.9 Å². The van der Waals surface area contributed by atoms with Crippen molar-refractivity contribution in [2.75, 3.05) is 0 Å². The minimum absolute atomic E-state index is 0.191. The van der Waals surface area contributed by atoms with E-state index in [2.05, 4.69) is 24.3 Å². The molecule has 0 radical (unpaired) electrons. The van der Waals surface area contributed by atoms with Crippen LogP contribution in [0.5, 0.6) is 0 Å². The van der Waals surface area contributed by atoms with Crippen molar-refractivity contribution in [1.82, 2.24) is 0 Å². The van der Waals surface area contributed by atoms with Crippen LogP contribution in [0.3, 0.4) is 0 Å². The molecule has 3 rings (SSSR count). The van der Waals surface area contributed by atoms with Crippen LogP contribution in [0.2, 0.25) is 0 Å². The van der Waals surface area contributed by atoms with E-state index in [0.29, 0.717) is 0 Å². The highest BCUT2D eigenvalue weighted by Crippen LogP contribution is 2.33. The fourth-order valence-electron chi connectivity index (χ4n) is 2.40. The predicted molar refractivity (Wildman–Crippen MR) is 72.1 cm³/mol. The second-order valence-corrected chi connectivity index (χ2v) is 4.75. The minimum Gasteiger partial charge on any atom is -0.434 e. The van der Waals surface area contributed by atoms with Crippen LogP contribution in [0.15, 0.2) is 42.7 Å². The van der Waals surface area contributed by atoms with Crippen LogP contribution in [-0.4, -0.2) is 5.97 Å². The maximum atomic E-state index is 11.8. The number of carbonyl (C=O) groups is 1. The summed E-state index contributed by atoms with van der Waals surface area (Å²) >= 11 is 0. The van der Waals surface area contributed by atoms with Gasteiger partial charge in [0.1, 0.15) is 0 Å². The van der Waals surface area contributed by atoms with E-state index >= 15 is 0 Å². The van der Waals surface area contributed by atoms with Gasteiger partial charge < -0.3 is 4.74 Å². The molecule has 18 heavy (non-hydrogen) atoms. The number of carbonyl (C=O) groups excluding carboxylic acids is 1. The number of allylic oxidation sites excluding steroid dienone is 1. The van der Waals surface area contributed by atoms with Crippen molar-refractivity contribution < 1.29 is 9.53 Å². The van der Waals surface area contributed by atoms with Gasteiger partial charge in [0, 0.05) is 0 Å². The molecule has 0 aromatic heterocycles. The molecule has 0 saturated carbocycles.